The molecule has 1 heterocycles. The molecule has 0 radical (unpaired) electrons. The molecule has 10 heteroatoms. The Kier molecular flexibility index (Phi) is 3.27. The molecule has 1 aromatic carbocycles. The Labute approximate surface area is 112 Å². The molecule has 21 heavy (non-hydrogen) atoms. The first-order valence-electron chi connectivity index (χ1n) is 5.29. The topological polar surface area (TPSA) is 58.0 Å². The summed E-state index contributed by atoms with van der Waals surface area (Å²) in [4.78, 5) is 13.4. The van der Waals surface area contributed by atoms with Crippen LogP contribution in [0.1, 0.15) is 11.1 Å². The van der Waals surface area contributed by atoms with E-state index in [0.717, 1.165) is 12.4 Å². The quantitative estimate of drug-likeness (QED) is 0.796. The van der Waals surface area contributed by atoms with Crippen LogP contribution in [0.4, 0.5) is 26.3 Å². The van der Waals surface area contributed by atoms with Crippen molar-refractivity contribution < 1.29 is 31.4 Å². The van der Waals surface area contributed by atoms with Crippen LogP contribution < -0.4 is 5.69 Å². The van der Waals surface area contributed by atoms with Crippen molar-refractivity contribution in [2.24, 2.45) is 0 Å². The van der Waals surface area contributed by atoms with Crippen LogP contribution in [-0.2, 0) is 12.4 Å². The zero-order valence-electron chi connectivity index (χ0n) is 9.88. The van der Waals surface area contributed by atoms with Gasteiger partial charge in [-0.15, -0.1) is 0 Å². The highest BCUT2D eigenvalue weighted by atomic mass is 19.4. The van der Waals surface area contributed by atoms with Gasteiger partial charge in [0.15, 0.2) is 5.75 Å². The van der Waals surface area contributed by atoms with Gasteiger partial charge in [0.1, 0.15) is 5.56 Å². The molecule has 2 aromatic rings. The maximum atomic E-state index is 12.7. The highest BCUT2D eigenvalue weighted by Gasteiger charge is 2.40. The van der Waals surface area contributed by atoms with Gasteiger partial charge in [0.2, 0.25) is 0 Å². The zero-order chi connectivity index (χ0) is 16.0. The zero-order valence-corrected chi connectivity index (χ0v) is 9.88. The highest BCUT2D eigenvalue weighted by molar-refractivity contribution is 5.55. The number of nitrogens with zero attached hydrogens (tertiary/aromatic N) is 1. The highest BCUT2D eigenvalue weighted by Crippen LogP contribution is 2.42. The van der Waals surface area contributed by atoms with E-state index in [4.69, 9.17) is 0 Å². The van der Waals surface area contributed by atoms with Crippen LogP contribution in [0.25, 0.3) is 5.69 Å². The molecular weight excluding hydrogens is 306 g/mol. The third-order valence-electron chi connectivity index (χ3n) is 2.63. The van der Waals surface area contributed by atoms with Gasteiger partial charge in [0.25, 0.3) is 0 Å². The number of alkyl halides is 6. The van der Waals surface area contributed by atoms with Crippen molar-refractivity contribution in [3.05, 3.63) is 46.1 Å². The molecule has 4 nitrogen and oxygen atoms in total. The summed E-state index contributed by atoms with van der Waals surface area (Å²) in [5, 5.41) is 9.55. The van der Waals surface area contributed by atoms with Gasteiger partial charge < -0.3 is 10.1 Å². The first-order valence-corrected chi connectivity index (χ1v) is 5.29. The number of benzene rings is 1. The maximum Gasteiger partial charge on any atom is 0.420 e. The molecule has 0 saturated carbocycles. The third kappa shape index (κ3) is 2.73. The van der Waals surface area contributed by atoms with Gasteiger partial charge in [-0.25, -0.2) is 4.79 Å². The molecular formula is C11H6F6N2O2. The van der Waals surface area contributed by atoms with E-state index in [1.807, 2.05) is 4.98 Å². The smallest absolute Gasteiger partial charge is 0.420 e. The van der Waals surface area contributed by atoms with Crippen LogP contribution in [0, 0.1) is 0 Å². The number of halogens is 6. The van der Waals surface area contributed by atoms with Crippen molar-refractivity contribution in [1.29, 1.82) is 0 Å². The molecule has 0 unspecified atom stereocenters. The van der Waals surface area contributed by atoms with E-state index in [1.165, 1.54) is 0 Å². The lowest BCUT2D eigenvalue weighted by Crippen LogP contribution is -2.18. The van der Waals surface area contributed by atoms with E-state index in [0.29, 0.717) is 4.57 Å². The van der Waals surface area contributed by atoms with Gasteiger partial charge in [0.05, 0.1) is 11.3 Å². The van der Waals surface area contributed by atoms with Crippen molar-refractivity contribution in [2.45, 2.75) is 12.4 Å². The van der Waals surface area contributed by atoms with Gasteiger partial charge in [-0.3, -0.25) is 4.57 Å². The largest absolute Gasteiger partial charge is 0.505 e. The molecule has 2 rings (SSSR count). The lowest BCUT2D eigenvalue weighted by atomic mass is 10.1. The van der Waals surface area contributed by atoms with E-state index in [1.54, 1.807) is 0 Å². The van der Waals surface area contributed by atoms with Gasteiger partial charge >= 0.3 is 18.0 Å². The number of hydrogen-bond acceptors (Lipinski definition) is 2. The van der Waals surface area contributed by atoms with Crippen LogP contribution in [-0.4, -0.2) is 14.7 Å². The normalized spacial score (nSPS) is 12.7. The van der Waals surface area contributed by atoms with E-state index in [-0.39, 0.29) is 12.1 Å². The van der Waals surface area contributed by atoms with E-state index < -0.39 is 40.6 Å². The number of imidazole rings is 1. The van der Waals surface area contributed by atoms with Gasteiger partial charge in [0, 0.05) is 12.4 Å². The molecule has 0 bridgehead atoms. The molecule has 114 valence electrons. The number of nitrogens with one attached hydrogen (secondary N) is 1. The van der Waals surface area contributed by atoms with Crippen molar-refractivity contribution in [1.82, 2.24) is 9.55 Å². The summed E-state index contributed by atoms with van der Waals surface area (Å²) in [6.45, 7) is 0. The Balaban J connectivity index is 2.82. The third-order valence-corrected chi connectivity index (χ3v) is 2.63. The molecule has 0 spiro atoms. The molecule has 1 aromatic heterocycles. The first kappa shape index (κ1) is 15.0. The fourth-order valence-corrected chi connectivity index (χ4v) is 1.69. The Morgan fingerprint density at radius 1 is 1.05 bits per heavy atom. The summed E-state index contributed by atoms with van der Waals surface area (Å²) < 4.78 is 76.6. The lowest BCUT2D eigenvalue weighted by molar-refractivity contribution is -0.143. The number of phenolic OH excluding ortho intramolecular Hbond substituents is 1. The second kappa shape index (κ2) is 4.57. The number of aromatic hydroxyl groups is 1. The summed E-state index contributed by atoms with van der Waals surface area (Å²) in [7, 11) is 0. The van der Waals surface area contributed by atoms with E-state index in [9.17, 15) is 36.2 Å². The molecule has 0 amide bonds. The Hall–Kier alpha value is -2.39. The van der Waals surface area contributed by atoms with Crippen LogP contribution in [0.3, 0.4) is 0 Å². The Bertz CT molecular complexity index is 726. The van der Waals surface area contributed by atoms with Crippen LogP contribution in [0.5, 0.6) is 5.75 Å². The van der Waals surface area contributed by atoms with Crippen molar-refractivity contribution >= 4 is 0 Å². The summed E-state index contributed by atoms with van der Waals surface area (Å²) >= 11 is 0. The molecule has 0 fully saturated rings. The predicted molar refractivity (Wildman–Crippen MR) is 58.1 cm³/mol. The average Bonchev–Trinajstić information content (AvgIpc) is 2.72. The number of hydrogen-bond donors (Lipinski definition) is 2. The number of aromatic amines is 1. The number of H-pyrrole nitrogens is 1. The minimum absolute atomic E-state index is 0.212. The van der Waals surface area contributed by atoms with Crippen LogP contribution >= 0.6 is 0 Å². The standard InChI is InChI=1S/C11H6F6N2O2/c12-10(13,14)5-3-6(11(15,16)17)8(20)7(4-5)19-2-1-18-9(19)21/h1-4,20H,(H,18,21). The Morgan fingerprint density at radius 3 is 2.10 bits per heavy atom. The summed E-state index contributed by atoms with van der Waals surface area (Å²) in [6, 6.07) is 0.0519. The van der Waals surface area contributed by atoms with Gasteiger partial charge in [-0.2, -0.15) is 26.3 Å². The van der Waals surface area contributed by atoms with E-state index in [2.05, 4.69) is 0 Å². The summed E-state index contributed by atoms with van der Waals surface area (Å²) in [5.74, 6) is -1.46. The summed E-state index contributed by atoms with van der Waals surface area (Å²) in [6.07, 6.45) is -8.37. The lowest BCUT2D eigenvalue weighted by Gasteiger charge is -2.16. The molecule has 2 N–H and O–H groups in total. The fraction of sp³-hybridized carbons (Fsp3) is 0.182. The predicted octanol–water partition coefficient (Wildman–Crippen LogP) is 2.91. The van der Waals surface area contributed by atoms with Crippen LogP contribution in [0.2, 0.25) is 0 Å². The SMILES string of the molecule is O=c1[nH]ccn1-c1cc(C(F)(F)F)cc(C(F)(F)F)c1O. The molecule has 0 atom stereocenters. The molecule has 0 aliphatic carbocycles. The minimum Gasteiger partial charge on any atom is -0.505 e. The first-order chi connectivity index (χ1) is 9.51. The second-order valence-electron chi connectivity index (χ2n) is 4.02. The van der Waals surface area contributed by atoms with Crippen molar-refractivity contribution in [2.75, 3.05) is 0 Å². The van der Waals surface area contributed by atoms with Gasteiger partial charge in [-0.1, -0.05) is 0 Å². The molecule has 0 aliphatic heterocycles. The molecule has 0 saturated heterocycles. The number of aromatic nitrogens is 2. The van der Waals surface area contributed by atoms with Crippen molar-refractivity contribution in [3.8, 4) is 11.4 Å². The minimum atomic E-state index is -5.21. The Morgan fingerprint density at radius 2 is 1.67 bits per heavy atom. The van der Waals surface area contributed by atoms with Crippen molar-refractivity contribution in [3.63, 3.8) is 0 Å². The number of rotatable bonds is 1. The summed E-state index contributed by atoms with van der Waals surface area (Å²) in [5.41, 5.74) is -5.41. The van der Waals surface area contributed by atoms with Gasteiger partial charge in [-0.05, 0) is 12.1 Å². The van der Waals surface area contributed by atoms with E-state index >= 15 is 0 Å². The monoisotopic (exact) mass is 312 g/mol. The second-order valence-corrected chi connectivity index (χ2v) is 4.02. The fourth-order valence-electron chi connectivity index (χ4n) is 1.69. The average molecular weight is 312 g/mol. The number of phenols is 1. The maximum absolute atomic E-state index is 12.7. The van der Waals surface area contributed by atoms with Crippen LogP contribution in [0.15, 0.2) is 29.3 Å². The molecule has 0 aliphatic rings.